The Morgan fingerprint density at radius 2 is 2.35 bits per heavy atom. The van der Waals surface area contributed by atoms with Crippen LogP contribution in [-0.4, -0.2) is 30.2 Å². The van der Waals surface area contributed by atoms with Gasteiger partial charge in [0.1, 0.15) is 5.00 Å². The molecule has 2 N–H and O–H groups in total. The molecule has 17 heavy (non-hydrogen) atoms. The van der Waals surface area contributed by atoms with Gasteiger partial charge in [-0.25, -0.2) is 4.79 Å². The summed E-state index contributed by atoms with van der Waals surface area (Å²) in [5.74, 6) is 0. The lowest BCUT2D eigenvalue weighted by molar-refractivity contribution is 0.166. The molecule has 0 aliphatic carbocycles. The zero-order valence-electron chi connectivity index (χ0n) is 10.0. The fourth-order valence-corrected chi connectivity index (χ4v) is 2.15. The summed E-state index contributed by atoms with van der Waals surface area (Å²) in [4.78, 5) is 11.7. The molecule has 0 spiro atoms. The summed E-state index contributed by atoms with van der Waals surface area (Å²) in [6, 6.07) is -0.299. The van der Waals surface area contributed by atoms with Crippen LogP contribution in [0.4, 0.5) is 9.80 Å². The first-order valence-corrected chi connectivity index (χ1v) is 6.41. The monoisotopic (exact) mass is 277 g/mol. The number of methoxy groups -OCH3 is 1. The summed E-state index contributed by atoms with van der Waals surface area (Å²) in [6.45, 7) is 4.26. The normalized spacial score (nSPS) is 12.2. The van der Waals surface area contributed by atoms with Crippen LogP contribution < -0.4 is 10.6 Å². The molecule has 0 fully saturated rings. The number of nitrogens with zero attached hydrogens (tertiary/aromatic N) is 1. The molecule has 1 rings (SSSR count). The smallest absolute Gasteiger partial charge is 0.320 e. The van der Waals surface area contributed by atoms with Crippen LogP contribution in [0.25, 0.3) is 0 Å². The van der Waals surface area contributed by atoms with Gasteiger partial charge in [-0.3, -0.25) is 5.32 Å². The minimum absolute atomic E-state index is 0.00667. The Kier molecular flexibility index (Phi) is 5.67. The lowest BCUT2D eigenvalue weighted by atomic mass is 10.2. The van der Waals surface area contributed by atoms with E-state index in [9.17, 15) is 4.79 Å². The summed E-state index contributed by atoms with van der Waals surface area (Å²) < 4.78 is 9.04. The van der Waals surface area contributed by atoms with Crippen molar-refractivity contribution >= 4 is 34.2 Å². The number of hydrogen-bond acceptors (Lipinski definition) is 4. The molecule has 0 aliphatic heterocycles. The number of hydrogen-bond donors (Lipinski definition) is 2. The maximum absolute atomic E-state index is 11.7. The van der Waals surface area contributed by atoms with E-state index < -0.39 is 0 Å². The molecule has 5 nitrogen and oxygen atoms in total. The van der Waals surface area contributed by atoms with E-state index in [0.717, 1.165) is 12.1 Å². The van der Waals surface area contributed by atoms with Crippen LogP contribution >= 0.6 is 23.1 Å². The zero-order valence-corrected chi connectivity index (χ0v) is 11.6. The molecule has 0 bridgehead atoms. The van der Waals surface area contributed by atoms with Gasteiger partial charge in [-0.15, -0.1) is 0 Å². The number of ether oxygens (including phenoxy) is 1. The van der Waals surface area contributed by atoms with Crippen molar-refractivity contribution in [1.29, 1.82) is 0 Å². The molecule has 1 heterocycles. The van der Waals surface area contributed by atoms with Crippen LogP contribution in [-0.2, 0) is 4.74 Å². The molecule has 1 aromatic heterocycles. The molecule has 1 aromatic rings. The lowest BCUT2D eigenvalue weighted by Gasteiger charge is -2.15. The summed E-state index contributed by atoms with van der Waals surface area (Å²) in [5, 5.41) is 6.52. The predicted octanol–water partition coefficient (Wildman–Crippen LogP) is 2.65. The van der Waals surface area contributed by atoms with Crippen LogP contribution in [0.5, 0.6) is 0 Å². The first kappa shape index (κ1) is 14.2. The van der Waals surface area contributed by atoms with Crippen LogP contribution in [0.1, 0.15) is 19.0 Å². The fourth-order valence-electron chi connectivity index (χ4n) is 1.22. The van der Waals surface area contributed by atoms with Gasteiger partial charge in [0.15, 0.2) is 0 Å². The minimum atomic E-state index is -0.292. The predicted molar refractivity (Wildman–Crippen MR) is 70.0 cm³/mol. The molecule has 0 saturated heterocycles. The third-order valence-electron chi connectivity index (χ3n) is 2.21. The number of aromatic nitrogens is 1. The lowest BCUT2D eigenvalue weighted by Crippen LogP contribution is -2.40. The van der Waals surface area contributed by atoms with Gasteiger partial charge >= 0.3 is 6.03 Å². The molecule has 0 aliphatic rings. The van der Waals surface area contributed by atoms with Crippen molar-refractivity contribution in [3.8, 4) is 0 Å². The molecule has 0 radical (unpaired) electrons. The SMILES string of the molecule is CCC(COC)NC(=O)Nc1snc(C)c1Cl. The van der Waals surface area contributed by atoms with Gasteiger partial charge in [0.2, 0.25) is 0 Å². The second kappa shape index (κ2) is 6.78. The molecule has 0 aromatic carbocycles. The molecule has 1 atom stereocenters. The Labute approximate surface area is 110 Å². The number of halogens is 1. The number of anilines is 1. The van der Waals surface area contributed by atoms with Crippen LogP contribution in [0.15, 0.2) is 0 Å². The minimum Gasteiger partial charge on any atom is -0.383 e. The van der Waals surface area contributed by atoms with E-state index in [0.29, 0.717) is 16.6 Å². The van der Waals surface area contributed by atoms with Gasteiger partial charge in [0, 0.05) is 7.11 Å². The van der Waals surface area contributed by atoms with Crippen molar-refractivity contribution in [2.24, 2.45) is 0 Å². The Balaban J connectivity index is 2.52. The second-order valence-electron chi connectivity index (χ2n) is 3.57. The Morgan fingerprint density at radius 1 is 1.65 bits per heavy atom. The van der Waals surface area contributed by atoms with Gasteiger partial charge in [-0.1, -0.05) is 18.5 Å². The number of amides is 2. The topological polar surface area (TPSA) is 63.2 Å². The second-order valence-corrected chi connectivity index (χ2v) is 4.72. The van der Waals surface area contributed by atoms with Gasteiger partial charge in [0.25, 0.3) is 0 Å². The molecular formula is C10H16ClN3O2S. The zero-order chi connectivity index (χ0) is 12.8. The Morgan fingerprint density at radius 3 is 2.82 bits per heavy atom. The van der Waals surface area contributed by atoms with E-state index in [-0.39, 0.29) is 12.1 Å². The summed E-state index contributed by atoms with van der Waals surface area (Å²) >= 11 is 7.13. The fraction of sp³-hybridized carbons (Fsp3) is 0.600. The highest BCUT2D eigenvalue weighted by Crippen LogP contribution is 2.29. The van der Waals surface area contributed by atoms with E-state index in [1.165, 1.54) is 11.5 Å². The number of urea groups is 1. The van der Waals surface area contributed by atoms with Crippen molar-refractivity contribution in [2.45, 2.75) is 26.3 Å². The van der Waals surface area contributed by atoms with Gasteiger partial charge in [-0.2, -0.15) is 4.37 Å². The highest BCUT2D eigenvalue weighted by atomic mass is 35.5. The number of rotatable bonds is 5. The highest BCUT2D eigenvalue weighted by Gasteiger charge is 2.14. The number of carbonyl (C=O) groups is 1. The Bertz CT molecular complexity index is 384. The standard InChI is InChI=1S/C10H16ClN3O2S/c1-4-7(5-16-3)12-10(15)13-9-8(11)6(2)14-17-9/h7H,4-5H2,1-3H3,(H2,12,13,15). The van der Waals surface area contributed by atoms with Crippen LogP contribution in [0.3, 0.4) is 0 Å². The average Bonchev–Trinajstić information content (AvgIpc) is 2.60. The van der Waals surface area contributed by atoms with Crippen molar-refractivity contribution in [1.82, 2.24) is 9.69 Å². The maximum Gasteiger partial charge on any atom is 0.320 e. The molecule has 96 valence electrons. The average molecular weight is 278 g/mol. The van der Waals surface area contributed by atoms with Crippen LogP contribution in [0, 0.1) is 6.92 Å². The van der Waals surface area contributed by atoms with E-state index >= 15 is 0 Å². The van der Waals surface area contributed by atoms with E-state index in [2.05, 4.69) is 15.0 Å². The summed E-state index contributed by atoms with van der Waals surface area (Å²) in [7, 11) is 1.60. The molecule has 2 amide bonds. The Hall–Kier alpha value is -0.850. The first-order valence-electron chi connectivity index (χ1n) is 5.26. The van der Waals surface area contributed by atoms with Gasteiger partial charge in [-0.05, 0) is 24.9 Å². The summed E-state index contributed by atoms with van der Waals surface area (Å²) in [5.41, 5.74) is 0.718. The molecule has 1 unspecified atom stereocenters. The van der Waals surface area contributed by atoms with Gasteiger partial charge < -0.3 is 10.1 Å². The van der Waals surface area contributed by atoms with Crippen molar-refractivity contribution in [2.75, 3.05) is 19.0 Å². The van der Waals surface area contributed by atoms with E-state index in [1.807, 2.05) is 6.92 Å². The van der Waals surface area contributed by atoms with Gasteiger partial charge in [0.05, 0.1) is 23.4 Å². The third-order valence-corrected chi connectivity index (χ3v) is 3.64. The molecular weight excluding hydrogens is 262 g/mol. The van der Waals surface area contributed by atoms with Crippen molar-refractivity contribution in [3.05, 3.63) is 10.7 Å². The first-order chi connectivity index (χ1) is 8.08. The van der Waals surface area contributed by atoms with Crippen molar-refractivity contribution in [3.63, 3.8) is 0 Å². The highest BCUT2D eigenvalue weighted by molar-refractivity contribution is 7.11. The number of carbonyl (C=O) groups excluding carboxylic acids is 1. The molecule has 0 saturated carbocycles. The largest absolute Gasteiger partial charge is 0.383 e. The third kappa shape index (κ3) is 4.14. The van der Waals surface area contributed by atoms with Crippen LogP contribution in [0.2, 0.25) is 5.02 Å². The van der Waals surface area contributed by atoms with E-state index in [4.69, 9.17) is 16.3 Å². The number of nitrogens with one attached hydrogen (secondary N) is 2. The quantitative estimate of drug-likeness (QED) is 0.870. The maximum atomic E-state index is 11.7. The summed E-state index contributed by atoms with van der Waals surface area (Å²) in [6.07, 6.45) is 0.802. The van der Waals surface area contributed by atoms with E-state index in [1.54, 1.807) is 14.0 Å². The molecule has 7 heteroatoms. The number of aryl methyl sites for hydroxylation is 1. The van der Waals surface area contributed by atoms with Crippen molar-refractivity contribution < 1.29 is 9.53 Å².